The molecule has 3 aliphatic rings. The molecule has 0 bridgehead atoms. The first-order chi connectivity index (χ1) is 8.27. The summed E-state index contributed by atoms with van der Waals surface area (Å²) in [7, 11) is 0. The van der Waals surface area contributed by atoms with Gasteiger partial charge in [-0.15, -0.1) is 0 Å². The summed E-state index contributed by atoms with van der Waals surface area (Å²) in [6, 6.07) is 0.498. The molecule has 0 radical (unpaired) electrons. The van der Waals surface area contributed by atoms with Gasteiger partial charge in [0.2, 0.25) is 0 Å². The van der Waals surface area contributed by atoms with Crippen LogP contribution in [0.3, 0.4) is 0 Å². The third-order valence-corrected chi connectivity index (χ3v) is 5.79. The fourth-order valence-electron chi connectivity index (χ4n) is 4.46. The van der Waals surface area contributed by atoms with Gasteiger partial charge < -0.3 is 10.6 Å². The van der Waals surface area contributed by atoms with E-state index in [2.05, 4.69) is 4.90 Å². The smallest absolute Gasteiger partial charge is 0.00793 e. The Bertz CT molecular complexity index is 248. The van der Waals surface area contributed by atoms with E-state index >= 15 is 0 Å². The van der Waals surface area contributed by atoms with Gasteiger partial charge in [-0.1, -0.05) is 19.3 Å². The minimum Gasteiger partial charge on any atom is -0.327 e. The molecule has 1 spiro atoms. The van der Waals surface area contributed by atoms with E-state index in [-0.39, 0.29) is 0 Å². The molecular weight excluding hydrogens is 208 g/mol. The fraction of sp³-hybridized carbons (Fsp3) is 1.00. The van der Waals surface area contributed by atoms with Crippen LogP contribution in [0.5, 0.6) is 0 Å². The van der Waals surface area contributed by atoms with Crippen molar-refractivity contribution in [1.82, 2.24) is 4.90 Å². The minimum absolute atomic E-state index is 0.498. The van der Waals surface area contributed by atoms with E-state index in [9.17, 15) is 0 Å². The van der Waals surface area contributed by atoms with Crippen molar-refractivity contribution in [3.8, 4) is 0 Å². The lowest BCUT2D eigenvalue weighted by atomic mass is 9.77. The van der Waals surface area contributed by atoms with Crippen LogP contribution in [0.1, 0.15) is 57.8 Å². The van der Waals surface area contributed by atoms with Crippen molar-refractivity contribution in [2.45, 2.75) is 63.8 Å². The van der Waals surface area contributed by atoms with Gasteiger partial charge in [-0.3, -0.25) is 0 Å². The molecule has 2 saturated carbocycles. The van der Waals surface area contributed by atoms with Crippen LogP contribution in [-0.2, 0) is 0 Å². The van der Waals surface area contributed by atoms with Crippen LogP contribution < -0.4 is 5.73 Å². The summed E-state index contributed by atoms with van der Waals surface area (Å²) < 4.78 is 0. The molecule has 3 rings (SSSR count). The average molecular weight is 236 g/mol. The first-order valence-electron chi connectivity index (χ1n) is 7.75. The lowest BCUT2D eigenvalue weighted by molar-refractivity contribution is 0.0944. The Morgan fingerprint density at radius 1 is 0.941 bits per heavy atom. The van der Waals surface area contributed by atoms with Gasteiger partial charge in [-0.2, -0.15) is 0 Å². The largest absolute Gasteiger partial charge is 0.327 e. The predicted octanol–water partition coefficient (Wildman–Crippen LogP) is 2.77. The summed E-state index contributed by atoms with van der Waals surface area (Å²) in [5, 5.41) is 0. The minimum atomic E-state index is 0.498. The zero-order valence-corrected chi connectivity index (χ0v) is 11.2. The first kappa shape index (κ1) is 12.0. The van der Waals surface area contributed by atoms with Crippen molar-refractivity contribution in [1.29, 1.82) is 0 Å². The van der Waals surface area contributed by atoms with Crippen LogP contribution in [0.2, 0.25) is 0 Å². The van der Waals surface area contributed by atoms with Crippen molar-refractivity contribution in [2.24, 2.45) is 17.1 Å². The number of hydrogen-bond acceptors (Lipinski definition) is 2. The maximum Gasteiger partial charge on any atom is 0.00793 e. The Morgan fingerprint density at radius 2 is 1.65 bits per heavy atom. The molecule has 1 heterocycles. The Hall–Kier alpha value is -0.0800. The summed E-state index contributed by atoms with van der Waals surface area (Å²) in [6.45, 7) is 3.99. The van der Waals surface area contributed by atoms with E-state index < -0.39 is 0 Å². The van der Waals surface area contributed by atoms with Gasteiger partial charge >= 0.3 is 0 Å². The fourth-order valence-corrected chi connectivity index (χ4v) is 4.46. The van der Waals surface area contributed by atoms with Crippen LogP contribution >= 0.6 is 0 Å². The first-order valence-corrected chi connectivity index (χ1v) is 7.75. The van der Waals surface area contributed by atoms with E-state index in [1.54, 1.807) is 0 Å². The Labute approximate surface area is 106 Å². The molecule has 0 amide bonds. The molecule has 1 saturated heterocycles. The molecule has 2 atom stereocenters. The number of hydrogen-bond donors (Lipinski definition) is 1. The second-order valence-electron chi connectivity index (χ2n) is 6.86. The maximum absolute atomic E-state index is 6.19. The van der Waals surface area contributed by atoms with Crippen molar-refractivity contribution >= 4 is 0 Å². The second-order valence-corrected chi connectivity index (χ2v) is 6.86. The van der Waals surface area contributed by atoms with Gasteiger partial charge in [0, 0.05) is 12.6 Å². The molecule has 2 heteroatoms. The third-order valence-electron chi connectivity index (χ3n) is 5.79. The highest BCUT2D eigenvalue weighted by molar-refractivity contribution is 4.91. The van der Waals surface area contributed by atoms with Crippen molar-refractivity contribution in [3.63, 3.8) is 0 Å². The monoisotopic (exact) mass is 236 g/mol. The molecule has 1 aliphatic heterocycles. The molecule has 2 aliphatic carbocycles. The zero-order chi connectivity index (χ0) is 11.7. The molecule has 0 aromatic rings. The highest BCUT2D eigenvalue weighted by Crippen LogP contribution is 2.46. The Morgan fingerprint density at radius 3 is 2.24 bits per heavy atom. The van der Waals surface area contributed by atoms with Gasteiger partial charge in [0.15, 0.2) is 0 Å². The van der Waals surface area contributed by atoms with E-state index in [0.29, 0.717) is 6.04 Å². The van der Waals surface area contributed by atoms with E-state index in [1.165, 1.54) is 77.4 Å². The molecule has 2 nitrogen and oxygen atoms in total. The maximum atomic E-state index is 6.19. The van der Waals surface area contributed by atoms with Gasteiger partial charge in [0.25, 0.3) is 0 Å². The quantitative estimate of drug-likeness (QED) is 0.799. The summed E-state index contributed by atoms with van der Waals surface area (Å²) in [4.78, 5) is 2.71. The average Bonchev–Trinajstić information content (AvgIpc) is 2.94. The lowest BCUT2D eigenvalue weighted by Crippen LogP contribution is -2.43. The van der Waals surface area contributed by atoms with Gasteiger partial charge in [-0.25, -0.2) is 0 Å². The molecule has 3 fully saturated rings. The van der Waals surface area contributed by atoms with Crippen LogP contribution in [0.25, 0.3) is 0 Å². The summed E-state index contributed by atoms with van der Waals surface area (Å²) in [5.74, 6) is 0.799. The summed E-state index contributed by atoms with van der Waals surface area (Å²) >= 11 is 0. The zero-order valence-electron chi connectivity index (χ0n) is 11.2. The van der Waals surface area contributed by atoms with E-state index in [1.807, 2.05) is 0 Å². The lowest BCUT2D eigenvalue weighted by Gasteiger charge is -2.40. The highest BCUT2D eigenvalue weighted by atomic mass is 15.1. The van der Waals surface area contributed by atoms with Crippen LogP contribution in [0.15, 0.2) is 0 Å². The topological polar surface area (TPSA) is 29.3 Å². The molecule has 2 N–H and O–H groups in total. The summed E-state index contributed by atoms with van der Waals surface area (Å²) in [5.41, 5.74) is 6.96. The van der Waals surface area contributed by atoms with E-state index in [4.69, 9.17) is 5.73 Å². The normalized spacial score (nSPS) is 37.9. The van der Waals surface area contributed by atoms with E-state index in [0.717, 1.165) is 11.3 Å². The number of likely N-dealkylation sites (tertiary alicyclic amines) is 1. The Balaban J connectivity index is 1.48. The Kier molecular flexibility index (Phi) is 3.45. The van der Waals surface area contributed by atoms with Gasteiger partial charge in [0.05, 0.1) is 0 Å². The number of nitrogens with two attached hydrogens (primary N) is 1. The molecule has 2 unspecified atom stereocenters. The highest BCUT2D eigenvalue weighted by Gasteiger charge is 2.37. The molecular formula is C15H28N2. The number of piperidine rings is 1. The predicted molar refractivity (Wildman–Crippen MR) is 71.9 cm³/mol. The molecule has 98 valence electrons. The van der Waals surface area contributed by atoms with Crippen LogP contribution in [0.4, 0.5) is 0 Å². The van der Waals surface area contributed by atoms with Crippen molar-refractivity contribution < 1.29 is 0 Å². The number of rotatable bonds is 2. The second kappa shape index (κ2) is 4.89. The van der Waals surface area contributed by atoms with Crippen LogP contribution in [0, 0.1) is 11.3 Å². The van der Waals surface area contributed by atoms with Gasteiger partial charge in [-0.05, 0) is 62.9 Å². The van der Waals surface area contributed by atoms with Crippen molar-refractivity contribution in [2.75, 3.05) is 19.6 Å². The third kappa shape index (κ3) is 2.53. The SMILES string of the molecule is NC1CCCC1CN1CCC2(CCCC2)CC1. The molecule has 0 aromatic carbocycles. The summed E-state index contributed by atoms with van der Waals surface area (Å²) in [6.07, 6.45) is 13.0. The van der Waals surface area contributed by atoms with Crippen molar-refractivity contribution in [3.05, 3.63) is 0 Å². The number of nitrogens with zero attached hydrogens (tertiary/aromatic N) is 1. The standard InChI is InChI=1S/C15H28N2/c16-14-5-3-4-13(14)12-17-10-8-15(9-11-17)6-1-2-7-15/h13-14H,1-12,16H2. The molecule has 17 heavy (non-hydrogen) atoms. The van der Waals surface area contributed by atoms with Crippen LogP contribution in [-0.4, -0.2) is 30.6 Å². The van der Waals surface area contributed by atoms with Gasteiger partial charge in [0.1, 0.15) is 0 Å². The molecule has 0 aromatic heterocycles.